The van der Waals surface area contributed by atoms with E-state index < -0.39 is 0 Å². The van der Waals surface area contributed by atoms with Crippen LogP contribution in [0.4, 0.5) is 0 Å². The highest BCUT2D eigenvalue weighted by Crippen LogP contribution is 2.16. The smallest absolute Gasteiger partial charge is 0.0735 e. The Morgan fingerprint density at radius 2 is 2.26 bits per heavy atom. The molecule has 0 atom stereocenters. The number of allylic oxidation sites excluding steroid dienone is 1. The average molecular weight is 260 g/mol. The summed E-state index contributed by atoms with van der Waals surface area (Å²) in [4.78, 5) is 6.62. The van der Waals surface area contributed by atoms with E-state index in [0.717, 1.165) is 38.0 Å². The lowest BCUT2D eigenvalue weighted by molar-refractivity contribution is -0.000886. The van der Waals surface area contributed by atoms with Crippen LogP contribution in [-0.2, 0) is 11.3 Å². The lowest BCUT2D eigenvalue weighted by Crippen LogP contribution is -2.37. The fourth-order valence-corrected chi connectivity index (χ4v) is 2.38. The van der Waals surface area contributed by atoms with Gasteiger partial charge in [-0.05, 0) is 38.3 Å². The van der Waals surface area contributed by atoms with Crippen molar-refractivity contribution in [2.45, 2.75) is 39.4 Å². The Balaban J connectivity index is 1.69. The van der Waals surface area contributed by atoms with Crippen LogP contribution in [0.1, 0.15) is 32.3 Å². The third kappa shape index (κ3) is 4.77. The quantitative estimate of drug-likeness (QED) is 0.761. The topological polar surface area (TPSA) is 25.4 Å². The summed E-state index contributed by atoms with van der Waals surface area (Å²) in [6.45, 7) is 8.38. The summed E-state index contributed by atoms with van der Waals surface area (Å²) in [5, 5.41) is 0. The van der Waals surface area contributed by atoms with Crippen molar-refractivity contribution >= 4 is 0 Å². The van der Waals surface area contributed by atoms with E-state index in [1.54, 1.807) is 6.20 Å². The molecular formula is C16H24N2O. The van der Waals surface area contributed by atoms with Crippen molar-refractivity contribution in [3.8, 4) is 0 Å². The normalized spacial score (nSPS) is 18.7. The molecular weight excluding hydrogens is 236 g/mol. The Morgan fingerprint density at radius 1 is 1.47 bits per heavy atom. The molecule has 1 aliphatic rings. The van der Waals surface area contributed by atoms with Gasteiger partial charge in [0.05, 0.1) is 12.7 Å². The van der Waals surface area contributed by atoms with E-state index in [1.807, 2.05) is 12.3 Å². The number of ether oxygens (including phenoxy) is 1. The first-order chi connectivity index (χ1) is 9.28. The van der Waals surface area contributed by atoms with Crippen LogP contribution in [0.3, 0.4) is 0 Å². The minimum Gasteiger partial charge on any atom is -0.373 e. The minimum atomic E-state index is 0.405. The van der Waals surface area contributed by atoms with Gasteiger partial charge in [-0.25, -0.2) is 0 Å². The third-order valence-corrected chi connectivity index (χ3v) is 3.71. The van der Waals surface area contributed by atoms with Gasteiger partial charge in [0.15, 0.2) is 0 Å². The molecule has 1 aliphatic heterocycles. The molecule has 1 fully saturated rings. The van der Waals surface area contributed by atoms with E-state index in [4.69, 9.17) is 4.74 Å². The molecule has 1 aromatic heterocycles. The van der Waals surface area contributed by atoms with Crippen molar-refractivity contribution in [1.29, 1.82) is 0 Å². The van der Waals surface area contributed by atoms with E-state index in [9.17, 15) is 0 Å². The zero-order valence-corrected chi connectivity index (χ0v) is 12.0. The van der Waals surface area contributed by atoms with Crippen LogP contribution in [0.15, 0.2) is 36.2 Å². The number of piperidine rings is 1. The first kappa shape index (κ1) is 14.2. The second-order valence-electron chi connectivity index (χ2n) is 5.28. The summed E-state index contributed by atoms with van der Waals surface area (Å²) in [5.41, 5.74) is 2.62. The molecule has 0 radical (unpaired) electrons. The van der Waals surface area contributed by atoms with Crippen molar-refractivity contribution in [1.82, 2.24) is 9.88 Å². The van der Waals surface area contributed by atoms with Crippen LogP contribution >= 0.6 is 0 Å². The van der Waals surface area contributed by atoms with Crippen LogP contribution < -0.4 is 0 Å². The largest absolute Gasteiger partial charge is 0.373 e. The standard InChI is InChI=1S/C16H24N2O/c1-3-14(2)12-18-9-6-16(7-10-18)19-13-15-5-4-8-17-11-15/h3-5,8,11,16H,6-7,9-10,12-13H2,1-2H3. The molecule has 1 aromatic rings. The van der Waals surface area contributed by atoms with E-state index in [2.05, 4.69) is 35.9 Å². The zero-order valence-electron chi connectivity index (χ0n) is 12.0. The first-order valence-electron chi connectivity index (χ1n) is 7.12. The molecule has 3 nitrogen and oxygen atoms in total. The maximum absolute atomic E-state index is 5.97. The molecule has 3 heteroatoms. The highest BCUT2D eigenvalue weighted by Gasteiger charge is 2.19. The highest BCUT2D eigenvalue weighted by atomic mass is 16.5. The van der Waals surface area contributed by atoms with Crippen molar-refractivity contribution in [2.75, 3.05) is 19.6 Å². The van der Waals surface area contributed by atoms with Crippen molar-refractivity contribution < 1.29 is 4.74 Å². The summed E-state index contributed by atoms with van der Waals surface area (Å²) in [6.07, 6.45) is 8.55. The second kappa shape index (κ2) is 7.41. The Hall–Kier alpha value is -1.19. The van der Waals surface area contributed by atoms with Crippen LogP contribution in [0.2, 0.25) is 0 Å². The van der Waals surface area contributed by atoms with Gasteiger partial charge in [0.2, 0.25) is 0 Å². The number of hydrogen-bond donors (Lipinski definition) is 0. The SMILES string of the molecule is CC=C(C)CN1CCC(OCc2cccnc2)CC1. The van der Waals surface area contributed by atoms with E-state index in [0.29, 0.717) is 12.7 Å². The van der Waals surface area contributed by atoms with Gasteiger partial charge in [-0.2, -0.15) is 0 Å². The van der Waals surface area contributed by atoms with Gasteiger partial charge in [0, 0.05) is 32.0 Å². The molecule has 0 amide bonds. The zero-order chi connectivity index (χ0) is 13.5. The molecule has 0 bridgehead atoms. The third-order valence-electron chi connectivity index (χ3n) is 3.71. The molecule has 2 rings (SSSR count). The molecule has 104 valence electrons. The van der Waals surface area contributed by atoms with Crippen LogP contribution in [0.5, 0.6) is 0 Å². The maximum Gasteiger partial charge on any atom is 0.0735 e. The number of likely N-dealkylation sites (tertiary alicyclic amines) is 1. The Kier molecular flexibility index (Phi) is 5.55. The molecule has 2 heterocycles. The molecule has 0 N–H and O–H groups in total. The van der Waals surface area contributed by atoms with Gasteiger partial charge < -0.3 is 4.74 Å². The van der Waals surface area contributed by atoms with Crippen LogP contribution in [0.25, 0.3) is 0 Å². The number of rotatable bonds is 5. The van der Waals surface area contributed by atoms with Gasteiger partial charge in [-0.15, -0.1) is 0 Å². The van der Waals surface area contributed by atoms with Crippen molar-refractivity contribution in [3.63, 3.8) is 0 Å². The van der Waals surface area contributed by atoms with E-state index in [1.165, 1.54) is 5.57 Å². The fraction of sp³-hybridized carbons (Fsp3) is 0.562. The number of aromatic nitrogens is 1. The van der Waals surface area contributed by atoms with Gasteiger partial charge in [-0.1, -0.05) is 17.7 Å². The molecule has 0 unspecified atom stereocenters. The predicted octanol–water partition coefficient (Wildman–Crippen LogP) is 3.03. The van der Waals surface area contributed by atoms with Crippen LogP contribution in [-0.4, -0.2) is 35.6 Å². The van der Waals surface area contributed by atoms with E-state index >= 15 is 0 Å². The monoisotopic (exact) mass is 260 g/mol. The van der Waals surface area contributed by atoms with Gasteiger partial charge in [0.25, 0.3) is 0 Å². The number of pyridine rings is 1. The van der Waals surface area contributed by atoms with Gasteiger partial charge >= 0.3 is 0 Å². The van der Waals surface area contributed by atoms with Crippen molar-refractivity contribution in [3.05, 3.63) is 41.7 Å². The Labute approximate surface area is 116 Å². The summed E-state index contributed by atoms with van der Waals surface area (Å²) in [6, 6.07) is 4.03. The summed E-state index contributed by atoms with van der Waals surface area (Å²) in [5.74, 6) is 0. The molecule has 0 aliphatic carbocycles. The number of nitrogens with zero attached hydrogens (tertiary/aromatic N) is 2. The van der Waals surface area contributed by atoms with Crippen LogP contribution in [0, 0.1) is 0 Å². The molecule has 19 heavy (non-hydrogen) atoms. The van der Waals surface area contributed by atoms with Crippen molar-refractivity contribution in [2.24, 2.45) is 0 Å². The Bertz CT molecular complexity index is 394. The number of hydrogen-bond acceptors (Lipinski definition) is 3. The van der Waals surface area contributed by atoms with Gasteiger partial charge in [0.1, 0.15) is 0 Å². The maximum atomic E-state index is 5.97. The second-order valence-corrected chi connectivity index (χ2v) is 5.28. The van der Waals surface area contributed by atoms with Gasteiger partial charge in [-0.3, -0.25) is 9.88 Å². The lowest BCUT2D eigenvalue weighted by Gasteiger charge is -2.32. The Morgan fingerprint density at radius 3 is 2.89 bits per heavy atom. The molecule has 0 saturated carbocycles. The fourth-order valence-electron chi connectivity index (χ4n) is 2.38. The molecule has 1 saturated heterocycles. The summed E-state index contributed by atoms with van der Waals surface area (Å²) >= 11 is 0. The van der Waals surface area contributed by atoms with E-state index in [-0.39, 0.29) is 0 Å². The highest BCUT2D eigenvalue weighted by molar-refractivity contribution is 5.06. The summed E-state index contributed by atoms with van der Waals surface area (Å²) < 4.78 is 5.97. The first-order valence-corrected chi connectivity index (χ1v) is 7.12. The lowest BCUT2D eigenvalue weighted by atomic mass is 10.1. The summed E-state index contributed by atoms with van der Waals surface area (Å²) in [7, 11) is 0. The molecule has 0 spiro atoms. The minimum absolute atomic E-state index is 0.405. The molecule has 0 aromatic carbocycles. The average Bonchev–Trinajstić information content (AvgIpc) is 2.47. The predicted molar refractivity (Wildman–Crippen MR) is 77.9 cm³/mol.